The van der Waals surface area contributed by atoms with Crippen LogP contribution in [0.5, 0.6) is 0 Å². The molecule has 0 heterocycles. The van der Waals surface area contributed by atoms with Crippen molar-refractivity contribution in [3.05, 3.63) is 34.6 Å². The third-order valence-electron chi connectivity index (χ3n) is 3.51. The Labute approximate surface area is 121 Å². The second-order valence-electron chi connectivity index (χ2n) is 5.04. The monoisotopic (exact) mass is 285 g/mol. The van der Waals surface area contributed by atoms with Crippen molar-refractivity contribution in [2.24, 2.45) is 5.92 Å². The predicted octanol–water partition coefficient (Wildman–Crippen LogP) is 5.35. The minimum absolute atomic E-state index is 0.146. The molecule has 3 heteroatoms. The van der Waals surface area contributed by atoms with Gasteiger partial charge in [-0.3, -0.25) is 0 Å². The molecule has 1 N–H and O–H groups in total. The standard InChI is InChI=1S/C16H25ClFN/c1-4-7-12(8-5-2)16(19-6-3)14-11-13(18)9-10-15(14)17/h9-12,16,19H,4-8H2,1-3H3. The van der Waals surface area contributed by atoms with Gasteiger partial charge in [0.25, 0.3) is 0 Å². The van der Waals surface area contributed by atoms with E-state index in [1.54, 1.807) is 12.1 Å². The number of rotatable bonds is 8. The van der Waals surface area contributed by atoms with Gasteiger partial charge in [-0.2, -0.15) is 0 Å². The van der Waals surface area contributed by atoms with Gasteiger partial charge in [-0.15, -0.1) is 0 Å². The van der Waals surface area contributed by atoms with Gasteiger partial charge in [-0.1, -0.05) is 45.2 Å². The maximum absolute atomic E-state index is 13.5. The van der Waals surface area contributed by atoms with E-state index in [1.165, 1.54) is 6.07 Å². The lowest BCUT2D eigenvalue weighted by Crippen LogP contribution is -2.28. The van der Waals surface area contributed by atoms with Crippen molar-refractivity contribution in [1.82, 2.24) is 5.32 Å². The van der Waals surface area contributed by atoms with Crippen molar-refractivity contribution in [3.63, 3.8) is 0 Å². The number of halogens is 2. The van der Waals surface area contributed by atoms with Crippen LogP contribution in [0.1, 0.15) is 58.1 Å². The molecule has 0 saturated carbocycles. The van der Waals surface area contributed by atoms with Gasteiger partial charge in [0, 0.05) is 11.1 Å². The fourth-order valence-corrected chi connectivity index (χ4v) is 2.96. The number of nitrogens with one attached hydrogen (secondary N) is 1. The molecule has 0 aliphatic heterocycles. The van der Waals surface area contributed by atoms with E-state index in [1.807, 2.05) is 0 Å². The van der Waals surface area contributed by atoms with Crippen molar-refractivity contribution in [3.8, 4) is 0 Å². The molecule has 0 aliphatic carbocycles. The molecule has 0 spiro atoms. The van der Waals surface area contributed by atoms with Crippen molar-refractivity contribution in [1.29, 1.82) is 0 Å². The second kappa shape index (κ2) is 8.55. The van der Waals surface area contributed by atoms with Crippen LogP contribution in [0, 0.1) is 11.7 Å². The Bertz CT molecular complexity index is 375. The SMILES string of the molecule is CCCC(CCC)C(NCC)c1cc(F)ccc1Cl. The Kier molecular flexibility index (Phi) is 7.40. The lowest BCUT2D eigenvalue weighted by Gasteiger charge is -2.29. The maximum atomic E-state index is 13.5. The Morgan fingerprint density at radius 3 is 2.32 bits per heavy atom. The van der Waals surface area contributed by atoms with E-state index in [0.29, 0.717) is 10.9 Å². The van der Waals surface area contributed by atoms with E-state index in [2.05, 4.69) is 26.1 Å². The quantitative estimate of drug-likeness (QED) is 0.679. The summed E-state index contributed by atoms with van der Waals surface area (Å²) in [4.78, 5) is 0. The summed E-state index contributed by atoms with van der Waals surface area (Å²) < 4.78 is 13.5. The average Bonchev–Trinajstić information content (AvgIpc) is 2.39. The molecule has 1 unspecified atom stereocenters. The van der Waals surface area contributed by atoms with Gasteiger partial charge in [-0.05, 0) is 49.1 Å². The highest BCUT2D eigenvalue weighted by atomic mass is 35.5. The molecule has 0 aromatic heterocycles. The summed E-state index contributed by atoms with van der Waals surface area (Å²) in [6, 6.07) is 4.80. The third kappa shape index (κ3) is 4.77. The molecule has 1 aromatic rings. The molecule has 1 atom stereocenters. The van der Waals surface area contributed by atoms with Crippen LogP contribution >= 0.6 is 11.6 Å². The van der Waals surface area contributed by atoms with Crippen LogP contribution in [0.2, 0.25) is 5.02 Å². The smallest absolute Gasteiger partial charge is 0.123 e. The molecule has 0 radical (unpaired) electrons. The molecule has 1 aromatic carbocycles. The molecule has 0 aliphatic rings. The normalized spacial score (nSPS) is 12.9. The van der Waals surface area contributed by atoms with E-state index in [0.717, 1.165) is 37.8 Å². The van der Waals surface area contributed by atoms with Crippen molar-refractivity contribution in [2.45, 2.75) is 52.5 Å². The zero-order valence-electron chi connectivity index (χ0n) is 12.2. The Morgan fingerprint density at radius 1 is 1.16 bits per heavy atom. The van der Waals surface area contributed by atoms with Crippen molar-refractivity contribution >= 4 is 11.6 Å². The first-order valence-corrected chi connectivity index (χ1v) is 7.70. The molecule has 108 valence electrons. The summed E-state index contributed by atoms with van der Waals surface area (Å²) in [6.07, 6.45) is 4.55. The first kappa shape index (κ1) is 16.5. The molecule has 0 saturated heterocycles. The summed E-state index contributed by atoms with van der Waals surface area (Å²) in [7, 11) is 0. The highest BCUT2D eigenvalue weighted by molar-refractivity contribution is 6.31. The maximum Gasteiger partial charge on any atom is 0.123 e. The van der Waals surface area contributed by atoms with Gasteiger partial charge in [0.2, 0.25) is 0 Å². The first-order valence-electron chi connectivity index (χ1n) is 7.32. The van der Waals surface area contributed by atoms with Gasteiger partial charge in [0.1, 0.15) is 5.82 Å². The largest absolute Gasteiger partial charge is 0.310 e. The van der Waals surface area contributed by atoms with E-state index in [4.69, 9.17) is 11.6 Å². The summed E-state index contributed by atoms with van der Waals surface area (Å²) in [6.45, 7) is 7.33. The zero-order chi connectivity index (χ0) is 14.3. The molecule has 19 heavy (non-hydrogen) atoms. The minimum atomic E-state index is -0.214. The van der Waals surface area contributed by atoms with E-state index < -0.39 is 0 Å². The Morgan fingerprint density at radius 2 is 1.79 bits per heavy atom. The average molecular weight is 286 g/mol. The summed E-state index contributed by atoms with van der Waals surface area (Å²) in [5.74, 6) is 0.295. The molecule has 0 fully saturated rings. The highest BCUT2D eigenvalue weighted by Crippen LogP contribution is 2.34. The highest BCUT2D eigenvalue weighted by Gasteiger charge is 2.23. The third-order valence-corrected chi connectivity index (χ3v) is 3.85. The molecular formula is C16H25ClFN. The van der Waals surface area contributed by atoms with Gasteiger partial charge in [-0.25, -0.2) is 4.39 Å². The van der Waals surface area contributed by atoms with E-state index >= 15 is 0 Å². The topological polar surface area (TPSA) is 12.0 Å². The van der Waals surface area contributed by atoms with Gasteiger partial charge >= 0.3 is 0 Å². The fourth-order valence-electron chi connectivity index (χ4n) is 2.72. The van der Waals surface area contributed by atoms with Crippen LogP contribution in [0.4, 0.5) is 4.39 Å². The van der Waals surface area contributed by atoms with Crippen LogP contribution < -0.4 is 5.32 Å². The molecule has 0 amide bonds. The van der Waals surface area contributed by atoms with Crippen LogP contribution in [0.25, 0.3) is 0 Å². The van der Waals surface area contributed by atoms with E-state index in [9.17, 15) is 4.39 Å². The Hall–Kier alpha value is -0.600. The first-order chi connectivity index (χ1) is 9.13. The van der Waals surface area contributed by atoms with Gasteiger partial charge in [0.15, 0.2) is 0 Å². The lowest BCUT2D eigenvalue weighted by molar-refractivity contribution is 0.319. The molecular weight excluding hydrogens is 261 g/mol. The van der Waals surface area contributed by atoms with Crippen LogP contribution in [0.15, 0.2) is 18.2 Å². The summed E-state index contributed by atoms with van der Waals surface area (Å²) in [5, 5.41) is 4.14. The van der Waals surface area contributed by atoms with Gasteiger partial charge in [0.05, 0.1) is 0 Å². The fraction of sp³-hybridized carbons (Fsp3) is 0.625. The second-order valence-corrected chi connectivity index (χ2v) is 5.45. The number of benzene rings is 1. The number of hydrogen-bond acceptors (Lipinski definition) is 1. The van der Waals surface area contributed by atoms with E-state index in [-0.39, 0.29) is 11.9 Å². The van der Waals surface area contributed by atoms with Gasteiger partial charge < -0.3 is 5.32 Å². The predicted molar refractivity (Wildman–Crippen MR) is 81.1 cm³/mol. The number of hydrogen-bond donors (Lipinski definition) is 1. The summed E-state index contributed by atoms with van der Waals surface area (Å²) in [5.41, 5.74) is 0.899. The molecule has 0 bridgehead atoms. The summed E-state index contributed by atoms with van der Waals surface area (Å²) >= 11 is 6.26. The zero-order valence-corrected chi connectivity index (χ0v) is 12.9. The van der Waals surface area contributed by atoms with Crippen LogP contribution in [0.3, 0.4) is 0 Å². The van der Waals surface area contributed by atoms with Crippen LogP contribution in [-0.2, 0) is 0 Å². The van der Waals surface area contributed by atoms with Crippen LogP contribution in [-0.4, -0.2) is 6.54 Å². The van der Waals surface area contributed by atoms with Crippen molar-refractivity contribution < 1.29 is 4.39 Å². The molecule has 1 nitrogen and oxygen atoms in total. The lowest BCUT2D eigenvalue weighted by atomic mass is 9.86. The van der Waals surface area contributed by atoms with Crippen molar-refractivity contribution in [2.75, 3.05) is 6.54 Å². The Balaban J connectivity index is 3.05. The minimum Gasteiger partial charge on any atom is -0.310 e. The molecule has 1 rings (SSSR count).